The van der Waals surface area contributed by atoms with E-state index in [0.717, 1.165) is 0 Å². The average molecular weight is 641 g/mol. The van der Waals surface area contributed by atoms with Gasteiger partial charge in [0.2, 0.25) is 0 Å². The summed E-state index contributed by atoms with van der Waals surface area (Å²) in [6.07, 6.45) is 0. The molecule has 0 N–H and O–H groups in total. The maximum absolute atomic E-state index is 2.49. The molecule has 1 nitrogen and oxygen atoms in total. The van der Waals surface area contributed by atoms with Crippen molar-refractivity contribution in [3.8, 4) is 22.3 Å². The molecule has 45 heavy (non-hydrogen) atoms. The molecule has 1 aliphatic carbocycles. The predicted molar refractivity (Wildman–Crippen MR) is 194 cm³/mol. The second-order valence-electron chi connectivity index (χ2n) is 12.6. The molecule has 0 saturated heterocycles. The molecule has 0 amide bonds. The average Bonchev–Trinajstić information content (AvgIpc) is 3.58. The van der Waals surface area contributed by atoms with Crippen LogP contribution in [0.25, 0.3) is 52.3 Å². The fourth-order valence-corrected chi connectivity index (χ4v) is 10.1. The number of benzene rings is 7. The Kier molecular flexibility index (Phi) is 5.94. The SMILES string of the molecule is CC1(C)c2ccccc2-c2c(N(c3ccc(-c4ccccc4)cc3)c3ccc4c(c3)[se]c3c5ccccc5ccc43)cccc21. The molecule has 9 rings (SSSR count). The second-order valence-corrected chi connectivity index (χ2v) is 14.8. The zero-order valence-electron chi connectivity index (χ0n) is 25.3. The molecule has 214 valence electrons. The van der Waals surface area contributed by atoms with Gasteiger partial charge in [0.25, 0.3) is 0 Å². The number of hydrogen-bond acceptors (Lipinski definition) is 1. The minimum absolute atomic E-state index is 0.0610. The summed E-state index contributed by atoms with van der Waals surface area (Å²) >= 11 is 0.234. The Labute approximate surface area is 269 Å². The van der Waals surface area contributed by atoms with Crippen LogP contribution in [-0.4, -0.2) is 14.5 Å². The molecule has 0 unspecified atom stereocenters. The standard InChI is InChI=1S/C43H31NSe/c1-43(2)37-16-9-8-15-36(37)41-38(43)17-10-18-39(41)44(31-22-19-29(20-23-31)28-11-4-3-5-12-28)32-24-26-34-35-25-21-30-13-6-7-14-33(30)42(35)45-40(34)27-32/h3-27H,1-2H3. The van der Waals surface area contributed by atoms with Crippen molar-refractivity contribution < 1.29 is 0 Å². The van der Waals surface area contributed by atoms with Crippen molar-refractivity contribution in [3.63, 3.8) is 0 Å². The number of nitrogens with zero attached hydrogens (tertiary/aromatic N) is 1. The van der Waals surface area contributed by atoms with Crippen LogP contribution in [0.3, 0.4) is 0 Å². The molecule has 0 spiro atoms. The summed E-state index contributed by atoms with van der Waals surface area (Å²) in [5.74, 6) is 0. The van der Waals surface area contributed by atoms with Gasteiger partial charge in [0.05, 0.1) is 0 Å². The summed E-state index contributed by atoms with van der Waals surface area (Å²) in [6.45, 7) is 4.72. The predicted octanol–water partition coefficient (Wildman–Crippen LogP) is 11.6. The van der Waals surface area contributed by atoms with Gasteiger partial charge in [0.1, 0.15) is 0 Å². The van der Waals surface area contributed by atoms with E-state index in [2.05, 4.69) is 170 Å². The van der Waals surface area contributed by atoms with Crippen molar-refractivity contribution in [2.75, 3.05) is 4.90 Å². The topological polar surface area (TPSA) is 3.24 Å². The van der Waals surface area contributed by atoms with Gasteiger partial charge in [0, 0.05) is 0 Å². The molecule has 7 aromatic carbocycles. The Morgan fingerprint density at radius 3 is 2.07 bits per heavy atom. The summed E-state index contributed by atoms with van der Waals surface area (Å²) in [5.41, 5.74) is 11.5. The molecular formula is C43H31NSe. The molecule has 0 radical (unpaired) electrons. The summed E-state index contributed by atoms with van der Waals surface area (Å²) < 4.78 is 2.95. The Bertz CT molecular complexity index is 2400. The van der Waals surface area contributed by atoms with Gasteiger partial charge in [-0.15, -0.1) is 0 Å². The van der Waals surface area contributed by atoms with E-state index >= 15 is 0 Å². The third-order valence-corrected chi connectivity index (χ3v) is 12.2. The maximum atomic E-state index is 2.49. The van der Waals surface area contributed by atoms with Gasteiger partial charge in [0.15, 0.2) is 0 Å². The number of hydrogen-bond donors (Lipinski definition) is 0. The quantitative estimate of drug-likeness (QED) is 0.173. The van der Waals surface area contributed by atoms with E-state index in [-0.39, 0.29) is 19.9 Å². The van der Waals surface area contributed by atoms with Crippen molar-refractivity contribution >= 4 is 61.6 Å². The van der Waals surface area contributed by atoms with Gasteiger partial charge < -0.3 is 0 Å². The van der Waals surface area contributed by atoms with E-state index in [1.54, 1.807) is 0 Å². The van der Waals surface area contributed by atoms with Gasteiger partial charge in [-0.1, -0.05) is 0 Å². The van der Waals surface area contributed by atoms with E-state index in [1.165, 1.54) is 80.5 Å². The first-order valence-electron chi connectivity index (χ1n) is 15.6. The fraction of sp³-hybridized carbons (Fsp3) is 0.0698. The molecule has 0 saturated carbocycles. The van der Waals surface area contributed by atoms with Crippen LogP contribution in [0.1, 0.15) is 25.0 Å². The zero-order valence-corrected chi connectivity index (χ0v) is 27.0. The van der Waals surface area contributed by atoms with Crippen LogP contribution < -0.4 is 4.90 Å². The van der Waals surface area contributed by atoms with Crippen LogP contribution in [0.5, 0.6) is 0 Å². The molecule has 1 heterocycles. The molecule has 1 aromatic heterocycles. The first-order valence-corrected chi connectivity index (χ1v) is 17.3. The molecule has 0 bridgehead atoms. The van der Waals surface area contributed by atoms with Gasteiger partial charge >= 0.3 is 271 Å². The van der Waals surface area contributed by atoms with Gasteiger partial charge in [-0.25, -0.2) is 0 Å². The summed E-state index contributed by atoms with van der Waals surface area (Å²) in [5, 5.41) is 5.49. The van der Waals surface area contributed by atoms with Crippen molar-refractivity contribution in [2.45, 2.75) is 19.3 Å². The van der Waals surface area contributed by atoms with E-state index in [1.807, 2.05) is 0 Å². The van der Waals surface area contributed by atoms with Crippen LogP contribution in [0.15, 0.2) is 152 Å². The molecule has 0 aliphatic heterocycles. The Morgan fingerprint density at radius 2 is 1.20 bits per heavy atom. The monoisotopic (exact) mass is 641 g/mol. The Morgan fingerprint density at radius 1 is 0.511 bits per heavy atom. The molecule has 1 aliphatic rings. The van der Waals surface area contributed by atoms with E-state index in [9.17, 15) is 0 Å². The van der Waals surface area contributed by atoms with Gasteiger partial charge in [-0.2, -0.15) is 0 Å². The van der Waals surface area contributed by atoms with Crippen molar-refractivity contribution in [1.82, 2.24) is 0 Å². The van der Waals surface area contributed by atoms with Crippen molar-refractivity contribution in [3.05, 3.63) is 163 Å². The van der Waals surface area contributed by atoms with E-state index in [0.29, 0.717) is 0 Å². The molecule has 8 aromatic rings. The van der Waals surface area contributed by atoms with Gasteiger partial charge in [-0.3, -0.25) is 0 Å². The first-order chi connectivity index (χ1) is 22.1. The summed E-state index contributed by atoms with van der Waals surface area (Å²) in [7, 11) is 0. The summed E-state index contributed by atoms with van der Waals surface area (Å²) in [6, 6.07) is 56.2. The number of rotatable bonds is 4. The first kappa shape index (κ1) is 26.5. The normalized spacial score (nSPS) is 13.3. The number of anilines is 3. The second kappa shape index (κ2) is 10.1. The van der Waals surface area contributed by atoms with Crippen molar-refractivity contribution in [2.24, 2.45) is 0 Å². The fourth-order valence-electron chi connectivity index (χ4n) is 7.41. The summed E-state index contributed by atoms with van der Waals surface area (Å²) in [4.78, 5) is 2.49. The van der Waals surface area contributed by atoms with Crippen LogP contribution in [0.2, 0.25) is 0 Å². The number of fused-ring (bicyclic) bond motifs is 8. The molecular weight excluding hydrogens is 609 g/mol. The third-order valence-electron chi connectivity index (χ3n) is 9.66. The molecule has 0 atom stereocenters. The minimum atomic E-state index is -0.0610. The Hall–Kier alpha value is -4.88. The molecule has 0 fully saturated rings. The third kappa shape index (κ3) is 4.07. The zero-order chi connectivity index (χ0) is 30.1. The van der Waals surface area contributed by atoms with Crippen LogP contribution in [0, 0.1) is 0 Å². The van der Waals surface area contributed by atoms with Crippen LogP contribution in [0.4, 0.5) is 17.1 Å². The van der Waals surface area contributed by atoms with E-state index in [4.69, 9.17) is 0 Å². The van der Waals surface area contributed by atoms with E-state index < -0.39 is 0 Å². The van der Waals surface area contributed by atoms with Crippen LogP contribution in [-0.2, 0) is 5.41 Å². The Balaban J connectivity index is 1.28. The van der Waals surface area contributed by atoms with Crippen molar-refractivity contribution in [1.29, 1.82) is 0 Å². The molecule has 2 heteroatoms. The van der Waals surface area contributed by atoms with Gasteiger partial charge in [-0.05, 0) is 0 Å². The van der Waals surface area contributed by atoms with Crippen LogP contribution >= 0.6 is 0 Å².